The first-order valence-corrected chi connectivity index (χ1v) is 10.9. The molecule has 0 aromatic carbocycles. The minimum absolute atomic E-state index is 0. The van der Waals surface area contributed by atoms with Crippen LogP contribution in [0.3, 0.4) is 0 Å². The fourth-order valence-electron chi connectivity index (χ4n) is 2.88. The maximum absolute atomic E-state index is 10.4. The second-order valence-corrected chi connectivity index (χ2v) is 7.82. The predicted octanol–water partition coefficient (Wildman–Crippen LogP) is -32.8. The van der Waals surface area contributed by atoms with Gasteiger partial charge in [0.05, 0.1) is 47.8 Å². The van der Waals surface area contributed by atoms with Gasteiger partial charge in [-0.25, -0.2) is 0 Å². The number of aliphatic carboxylic acids is 8. The van der Waals surface area contributed by atoms with Crippen LogP contribution in [0.25, 0.3) is 0 Å². The molecule has 0 N–H and O–H groups in total. The van der Waals surface area contributed by atoms with Gasteiger partial charge in [0.2, 0.25) is 0 Å². The third kappa shape index (κ3) is 52.7. The third-order valence-corrected chi connectivity index (χ3v) is 4.29. The van der Waals surface area contributed by atoms with E-state index >= 15 is 0 Å². The molecule has 0 unspecified atom stereocenters. The summed E-state index contributed by atoms with van der Waals surface area (Å²) in [7, 11) is 0. The van der Waals surface area contributed by atoms with Crippen molar-refractivity contribution >= 4 is 47.8 Å². The Balaban J connectivity index is -0.0000000764. The van der Waals surface area contributed by atoms with Gasteiger partial charge in [0.25, 0.3) is 0 Å². The van der Waals surface area contributed by atoms with Crippen molar-refractivity contribution in [2.45, 2.75) is 0 Å². The summed E-state index contributed by atoms with van der Waals surface area (Å²) in [6.07, 6.45) is 0. The van der Waals surface area contributed by atoms with E-state index in [1.165, 1.54) is 0 Å². The zero-order valence-corrected chi connectivity index (χ0v) is 42.5. The first-order chi connectivity index (χ1) is 18.4. The molecule has 228 valence electrons. The van der Waals surface area contributed by atoms with Crippen LogP contribution in [0.2, 0.25) is 0 Å². The van der Waals surface area contributed by atoms with Crippen LogP contribution in [-0.2, 0) is 57.8 Å². The van der Waals surface area contributed by atoms with E-state index in [0.29, 0.717) is 0 Å². The van der Waals surface area contributed by atoms with Gasteiger partial charge in [-0.3, -0.25) is 19.6 Å². The molecular weight excluding hydrogens is 756 g/mol. The number of rotatable bonds is 22. The summed E-state index contributed by atoms with van der Waals surface area (Å²) in [4.78, 5) is 86.8. The van der Waals surface area contributed by atoms with E-state index in [1.807, 2.05) is 0 Å². The summed E-state index contributed by atoms with van der Waals surface area (Å²) in [5.41, 5.74) is 0. The first kappa shape index (κ1) is 70.8. The Kier molecular flexibility index (Phi) is 64.2. The zero-order chi connectivity index (χ0) is 31.4. The van der Waals surface area contributed by atoms with Gasteiger partial charge < -0.3 is 79.2 Å². The number of carboxylic acids is 8. The van der Waals surface area contributed by atoms with Crippen molar-refractivity contribution in [3.05, 3.63) is 0 Å². The summed E-state index contributed by atoms with van der Waals surface area (Å²) in [6.45, 7) is -6.50. The van der Waals surface area contributed by atoms with Crippen LogP contribution in [-0.4, -0.2) is 146 Å². The second kappa shape index (κ2) is 42.6. The normalized spacial score (nSPS) is 9.11. The van der Waals surface area contributed by atoms with Crippen molar-refractivity contribution < 1.29 is 276 Å². The van der Waals surface area contributed by atoms with Gasteiger partial charge >= 0.3 is 197 Å². The average molecular weight is 780 g/mol. The smallest absolute Gasteiger partial charge is 0.549 e. The molecule has 0 bridgehead atoms. The summed E-state index contributed by atoms with van der Waals surface area (Å²) >= 11 is 0. The largest absolute Gasteiger partial charge is 2.00 e. The van der Waals surface area contributed by atoms with E-state index in [1.54, 1.807) is 0 Å². The Morgan fingerprint density at radius 1 is 0.277 bits per heavy atom. The minimum Gasteiger partial charge on any atom is -0.549 e. The van der Waals surface area contributed by atoms with Crippen molar-refractivity contribution in [3.8, 4) is 0 Å². The molecule has 0 amide bonds. The van der Waals surface area contributed by atoms with Crippen molar-refractivity contribution in [1.82, 2.24) is 19.6 Å². The molecule has 0 radical (unpaired) electrons. The van der Waals surface area contributed by atoms with Crippen LogP contribution in [0.4, 0.5) is 0 Å². The first-order valence-electron chi connectivity index (χ1n) is 10.9. The van der Waals surface area contributed by atoms with Gasteiger partial charge in [0, 0.05) is 78.5 Å². The van der Waals surface area contributed by atoms with Gasteiger partial charge in [-0.15, -0.1) is 0 Å². The van der Waals surface area contributed by atoms with Gasteiger partial charge in [-0.1, -0.05) is 0 Å². The Labute approximate surface area is 415 Å². The maximum Gasteiger partial charge on any atom is 2.00 e. The molecule has 20 nitrogen and oxygen atoms in total. The molecule has 0 atom stereocenters. The van der Waals surface area contributed by atoms with E-state index < -0.39 is 100 Å². The van der Waals surface area contributed by atoms with Crippen LogP contribution in [0.15, 0.2) is 0 Å². The number of carbonyl (C=O) groups excluding carboxylic acids is 8. The summed E-state index contributed by atoms with van der Waals surface area (Å²) in [5.74, 6) is -12.2. The molecule has 27 heteroatoms. The molecule has 0 aliphatic heterocycles. The molecule has 0 aromatic rings. The Morgan fingerprint density at radius 3 is 0.426 bits per heavy atom. The molecule has 0 aliphatic rings. The van der Waals surface area contributed by atoms with Crippen LogP contribution < -0.4 is 218 Å². The van der Waals surface area contributed by atoms with Crippen molar-refractivity contribution in [3.63, 3.8) is 0 Å². The number of carboxylic acid groups (broad SMARTS) is 8. The topological polar surface area (TPSA) is 334 Å². The Hall–Kier alpha value is 2.22. The average Bonchev–Trinajstić information content (AvgIpc) is 2.72. The molecule has 0 rings (SSSR count). The molecule has 0 saturated heterocycles. The summed E-state index contributed by atoms with van der Waals surface area (Å²) in [5, 5.41) is 83.2. The van der Waals surface area contributed by atoms with Crippen molar-refractivity contribution in [2.75, 3.05) is 78.5 Å². The van der Waals surface area contributed by atoms with Crippen LogP contribution in [0.1, 0.15) is 0 Å². The molecule has 0 fully saturated rings. The quantitative estimate of drug-likeness (QED) is 0.0921. The van der Waals surface area contributed by atoms with E-state index in [9.17, 15) is 79.2 Å². The van der Waals surface area contributed by atoms with Crippen molar-refractivity contribution in [2.24, 2.45) is 0 Å². The zero-order valence-electron chi connectivity index (χ0n) is 27.5. The fourth-order valence-corrected chi connectivity index (χ4v) is 2.88. The number of hydrogen-bond donors (Lipinski definition) is 0. The Bertz CT molecular complexity index is 736. The van der Waals surface area contributed by atoms with Crippen LogP contribution in [0.5, 0.6) is 0 Å². The number of carbonyl (C=O) groups is 8. The summed E-state index contributed by atoms with van der Waals surface area (Å²) < 4.78 is 0. The second-order valence-electron chi connectivity index (χ2n) is 7.82. The molecule has 0 aromatic heterocycles. The minimum atomic E-state index is -1.53. The monoisotopic (exact) mass is 778 g/mol. The van der Waals surface area contributed by atoms with Crippen LogP contribution in [0, 0.1) is 0 Å². The van der Waals surface area contributed by atoms with Gasteiger partial charge in [0.1, 0.15) is 0 Å². The molecule has 0 heterocycles. The Morgan fingerprint density at radius 2 is 0.362 bits per heavy atom. The third-order valence-electron chi connectivity index (χ3n) is 4.29. The van der Waals surface area contributed by atoms with Gasteiger partial charge in [0.15, 0.2) is 0 Å². The molecule has 47 heavy (non-hydrogen) atoms. The fraction of sp³-hybridized carbons (Fsp3) is 0.600. The van der Waals surface area contributed by atoms with E-state index in [0.717, 1.165) is 19.6 Å². The molecule has 0 aliphatic carbocycles. The standard InChI is InChI=1S/2C10H16N2O8.6Na.Zn/c2*13-7(14)3-11(4-8(15)16)1-2-12(5-9(17)18)6-10(19)20;;;;;;;/h2*1-6H2,(H,13,14)(H,15,16)(H,17,18)(H,19,20);;;;;;;/q;;6*+1;+2/p-8. The molecule has 0 saturated carbocycles. The van der Waals surface area contributed by atoms with Crippen LogP contribution >= 0.6 is 0 Å². The SMILES string of the molecule is O=C([O-])CN(CCN(CC(=O)[O-])CC(=O)[O-])CC(=O)[O-].O=C([O-])CN(CCN(CC(=O)[O-])CC(=O)[O-])CC(=O)[O-].[Na+].[Na+].[Na+].[Na+].[Na+].[Na+].[Zn+2]. The van der Waals surface area contributed by atoms with Gasteiger partial charge in [-0.05, 0) is 0 Å². The van der Waals surface area contributed by atoms with E-state index in [-0.39, 0.29) is 223 Å². The number of hydrogen-bond acceptors (Lipinski definition) is 20. The van der Waals surface area contributed by atoms with E-state index in [2.05, 4.69) is 0 Å². The van der Waals surface area contributed by atoms with E-state index in [4.69, 9.17) is 0 Å². The molecule has 0 spiro atoms. The maximum atomic E-state index is 10.4. The van der Waals surface area contributed by atoms with Crippen molar-refractivity contribution in [1.29, 1.82) is 0 Å². The predicted molar refractivity (Wildman–Crippen MR) is 106 cm³/mol. The van der Waals surface area contributed by atoms with Gasteiger partial charge in [-0.2, -0.15) is 0 Å². The molecular formula is C20H24N4Na6O16Zn. The summed E-state index contributed by atoms with van der Waals surface area (Å²) in [6, 6.07) is 0. The number of nitrogens with zero attached hydrogens (tertiary/aromatic N) is 4.